The number of nitrogens with zero attached hydrogens (tertiary/aromatic N) is 1. The van der Waals surface area contributed by atoms with Crippen LogP contribution in [0.4, 0.5) is 0 Å². The smallest absolute Gasteiger partial charge is 0.360 e. The molecular formula is C7H10N2O2S. The van der Waals surface area contributed by atoms with E-state index >= 15 is 0 Å². The van der Waals surface area contributed by atoms with Crippen molar-refractivity contribution < 1.29 is 9.53 Å². The molecule has 0 aliphatic carbocycles. The molecule has 1 rings (SSSR count). The van der Waals surface area contributed by atoms with Crippen molar-refractivity contribution in [2.24, 2.45) is 0 Å². The number of hydrogen-bond acceptors (Lipinski definition) is 4. The second-order valence-corrected chi connectivity index (χ2v) is 2.87. The monoisotopic (exact) mass is 186 g/mol. The van der Waals surface area contributed by atoms with Gasteiger partial charge in [-0.25, -0.2) is 4.79 Å². The maximum atomic E-state index is 11.2. The summed E-state index contributed by atoms with van der Waals surface area (Å²) in [5, 5.41) is 6.40. The summed E-state index contributed by atoms with van der Waals surface area (Å²) in [5.74, 6) is -0.372. The van der Waals surface area contributed by atoms with E-state index in [1.807, 2.05) is 6.26 Å². The minimum absolute atomic E-state index is 0.365. The van der Waals surface area contributed by atoms with E-state index in [4.69, 9.17) is 4.74 Å². The molecule has 1 N–H and O–H groups in total. The Balaban J connectivity index is 2.79. The summed E-state index contributed by atoms with van der Waals surface area (Å²) in [6.07, 6.45) is 3.56. The van der Waals surface area contributed by atoms with Crippen LogP contribution < -0.4 is 0 Å². The molecule has 12 heavy (non-hydrogen) atoms. The van der Waals surface area contributed by atoms with Gasteiger partial charge in [0.1, 0.15) is 0 Å². The van der Waals surface area contributed by atoms with E-state index in [1.54, 1.807) is 13.1 Å². The van der Waals surface area contributed by atoms with E-state index in [0.717, 1.165) is 4.90 Å². The van der Waals surface area contributed by atoms with E-state index in [1.165, 1.54) is 11.8 Å². The van der Waals surface area contributed by atoms with Crippen LogP contribution in [0, 0.1) is 0 Å². The third kappa shape index (κ3) is 1.79. The molecule has 0 saturated carbocycles. The average molecular weight is 186 g/mol. The van der Waals surface area contributed by atoms with Crippen LogP contribution in [0.1, 0.15) is 17.4 Å². The van der Waals surface area contributed by atoms with Crippen molar-refractivity contribution in [2.45, 2.75) is 11.8 Å². The van der Waals surface area contributed by atoms with Crippen molar-refractivity contribution in [1.82, 2.24) is 10.2 Å². The normalized spacial score (nSPS) is 9.83. The third-order valence-electron chi connectivity index (χ3n) is 1.29. The summed E-state index contributed by atoms with van der Waals surface area (Å²) >= 11 is 1.46. The van der Waals surface area contributed by atoms with Crippen molar-refractivity contribution in [3.8, 4) is 0 Å². The van der Waals surface area contributed by atoms with Crippen molar-refractivity contribution in [3.63, 3.8) is 0 Å². The van der Waals surface area contributed by atoms with Crippen LogP contribution in [0.25, 0.3) is 0 Å². The standard InChI is InChI=1S/C7H10N2O2S/c1-3-11-7(10)6-5(12-2)4-8-9-6/h4H,3H2,1-2H3,(H,8,9). The number of carbonyl (C=O) groups excluding carboxylic acids is 1. The van der Waals surface area contributed by atoms with E-state index in [2.05, 4.69) is 10.2 Å². The topological polar surface area (TPSA) is 55.0 Å². The molecular weight excluding hydrogens is 176 g/mol. The Kier molecular flexibility index (Phi) is 3.16. The van der Waals surface area contributed by atoms with Crippen molar-refractivity contribution >= 4 is 17.7 Å². The van der Waals surface area contributed by atoms with Crippen LogP contribution in [0.5, 0.6) is 0 Å². The first kappa shape index (κ1) is 9.12. The highest BCUT2D eigenvalue weighted by Gasteiger charge is 2.14. The molecule has 1 aromatic rings. The van der Waals surface area contributed by atoms with Gasteiger partial charge >= 0.3 is 5.97 Å². The Labute approximate surface area is 74.7 Å². The molecule has 0 bridgehead atoms. The van der Waals surface area contributed by atoms with Gasteiger partial charge in [-0.15, -0.1) is 11.8 Å². The van der Waals surface area contributed by atoms with Gasteiger partial charge in [0.15, 0.2) is 5.69 Å². The zero-order valence-corrected chi connectivity index (χ0v) is 7.77. The van der Waals surface area contributed by atoms with Gasteiger partial charge in [0, 0.05) is 6.20 Å². The number of thioether (sulfide) groups is 1. The highest BCUT2D eigenvalue weighted by atomic mass is 32.2. The first-order valence-corrected chi connectivity index (χ1v) is 4.77. The Morgan fingerprint density at radius 2 is 2.58 bits per heavy atom. The molecule has 0 amide bonds. The first-order chi connectivity index (χ1) is 5.79. The lowest BCUT2D eigenvalue weighted by molar-refractivity contribution is 0.0515. The van der Waals surface area contributed by atoms with Crippen molar-refractivity contribution in [3.05, 3.63) is 11.9 Å². The molecule has 1 aromatic heterocycles. The molecule has 0 atom stereocenters. The van der Waals surface area contributed by atoms with Gasteiger partial charge in [-0.1, -0.05) is 0 Å². The van der Waals surface area contributed by atoms with Gasteiger partial charge < -0.3 is 4.74 Å². The Bertz CT molecular complexity index is 272. The molecule has 0 fully saturated rings. The molecule has 0 aliphatic heterocycles. The number of nitrogens with one attached hydrogen (secondary N) is 1. The lowest BCUT2D eigenvalue weighted by atomic mass is 10.4. The Morgan fingerprint density at radius 3 is 3.17 bits per heavy atom. The quantitative estimate of drug-likeness (QED) is 0.571. The minimum Gasteiger partial charge on any atom is -0.461 e. The number of ether oxygens (including phenoxy) is 1. The van der Waals surface area contributed by atoms with Gasteiger partial charge in [-0.2, -0.15) is 5.10 Å². The maximum Gasteiger partial charge on any atom is 0.360 e. The van der Waals surface area contributed by atoms with Crippen LogP contribution in [-0.4, -0.2) is 29.0 Å². The Morgan fingerprint density at radius 1 is 1.83 bits per heavy atom. The molecule has 0 unspecified atom stereocenters. The minimum atomic E-state index is -0.372. The summed E-state index contributed by atoms with van der Waals surface area (Å²) in [5.41, 5.74) is 0.365. The molecule has 1 heterocycles. The fraction of sp³-hybridized carbons (Fsp3) is 0.429. The molecule has 4 nitrogen and oxygen atoms in total. The number of esters is 1. The van der Waals surface area contributed by atoms with Crippen molar-refractivity contribution in [1.29, 1.82) is 0 Å². The van der Waals surface area contributed by atoms with E-state index in [0.29, 0.717) is 12.3 Å². The lowest BCUT2D eigenvalue weighted by Gasteiger charge is -1.98. The highest BCUT2D eigenvalue weighted by Crippen LogP contribution is 2.17. The van der Waals surface area contributed by atoms with E-state index in [9.17, 15) is 4.79 Å². The molecule has 0 aliphatic rings. The molecule has 5 heteroatoms. The zero-order chi connectivity index (χ0) is 8.97. The summed E-state index contributed by atoms with van der Waals surface area (Å²) in [4.78, 5) is 12.0. The maximum absolute atomic E-state index is 11.2. The number of H-pyrrole nitrogens is 1. The number of aromatic amines is 1. The molecule has 0 spiro atoms. The number of carbonyl (C=O) groups is 1. The molecule has 0 radical (unpaired) electrons. The molecule has 0 saturated heterocycles. The predicted octanol–water partition coefficient (Wildman–Crippen LogP) is 1.31. The lowest BCUT2D eigenvalue weighted by Crippen LogP contribution is -2.06. The van der Waals surface area contributed by atoms with E-state index in [-0.39, 0.29) is 5.97 Å². The van der Waals surface area contributed by atoms with Crippen LogP contribution in [0.2, 0.25) is 0 Å². The van der Waals surface area contributed by atoms with Crippen LogP contribution in [0.15, 0.2) is 11.1 Å². The predicted molar refractivity (Wildman–Crippen MR) is 46.3 cm³/mol. The van der Waals surface area contributed by atoms with Crippen LogP contribution >= 0.6 is 11.8 Å². The van der Waals surface area contributed by atoms with Crippen LogP contribution in [0.3, 0.4) is 0 Å². The number of aromatic nitrogens is 2. The van der Waals surface area contributed by atoms with Gasteiger partial charge in [-0.05, 0) is 13.2 Å². The van der Waals surface area contributed by atoms with Gasteiger partial charge in [-0.3, -0.25) is 5.10 Å². The zero-order valence-electron chi connectivity index (χ0n) is 6.96. The van der Waals surface area contributed by atoms with Gasteiger partial charge in [0.25, 0.3) is 0 Å². The average Bonchev–Trinajstić information content (AvgIpc) is 2.51. The summed E-state index contributed by atoms with van der Waals surface area (Å²) in [6, 6.07) is 0. The summed E-state index contributed by atoms with van der Waals surface area (Å²) < 4.78 is 4.79. The molecule has 0 aromatic carbocycles. The fourth-order valence-electron chi connectivity index (χ4n) is 0.780. The van der Waals surface area contributed by atoms with Gasteiger partial charge in [0.2, 0.25) is 0 Å². The Hall–Kier alpha value is -0.970. The SMILES string of the molecule is CCOC(=O)c1n[nH]cc1SC. The third-order valence-corrected chi connectivity index (χ3v) is 2.05. The highest BCUT2D eigenvalue weighted by molar-refractivity contribution is 7.98. The largest absolute Gasteiger partial charge is 0.461 e. The van der Waals surface area contributed by atoms with E-state index < -0.39 is 0 Å². The fourth-order valence-corrected chi connectivity index (χ4v) is 1.27. The number of rotatable bonds is 3. The van der Waals surface area contributed by atoms with Crippen LogP contribution in [-0.2, 0) is 4.74 Å². The molecule has 66 valence electrons. The number of hydrogen-bond donors (Lipinski definition) is 1. The summed E-state index contributed by atoms with van der Waals surface area (Å²) in [6.45, 7) is 2.14. The first-order valence-electron chi connectivity index (χ1n) is 3.54. The second-order valence-electron chi connectivity index (χ2n) is 2.02. The second kappa shape index (κ2) is 4.15. The van der Waals surface area contributed by atoms with Gasteiger partial charge in [0.05, 0.1) is 11.5 Å². The van der Waals surface area contributed by atoms with Crippen molar-refractivity contribution in [2.75, 3.05) is 12.9 Å². The summed E-state index contributed by atoms with van der Waals surface area (Å²) in [7, 11) is 0.